The lowest BCUT2D eigenvalue weighted by Gasteiger charge is -2.14. The Balaban J connectivity index is 1.49. The summed E-state index contributed by atoms with van der Waals surface area (Å²) >= 11 is 0.818. The average molecular weight is 428 g/mol. The number of nitrogens with zero attached hydrogens (tertiary/aromatic N) is 1. The van der Waals surface area contributed by atoms with Gasteiger partial charge in [0.25, 0.3) is 17.1 Å². The number of rotatable bonds is 7. The summed E-state index contributed by atoms with van der Waals surface area (Å²) in [4.78, 5) is 38.0. The van der Waals surface area contributed by atoms with Gasteiger partial charge < -0.3 is 10.1 Å². The maximum Gasteiger partial charge on any atom is 0.293 e. The Morgan fingerprint density at radius 3 is 2.47 bits per heavy atom. The Kier molecular flexibility index (Phi) is 6.89. The number of ether oxygens (including phenoxy) is 1. The zero-order chi connectivity index (χ0) is 21.7. The summed E-state index contributed by atoms with van der Waals surface area (Å²) in [6.07, 6.45) is 1.54. The first-order valence-electron chi connectivity index (χ1n) is 9.32. The smallest absolute Gasteiger partial charge is 0.293 e. The van der Waals surface area contributed by atoms with Crippen molar-refractivity contribution < 1.29 is 23.5 Å². The Morgan fingerprint density at radius 2 is 1.80 bits per heavy atom. The maximum atomic E-state index is 13.0. The number of benzene rings is 2. The minimum Gasteiger partial charge on any atom is -0.483 e. The van der Waals surface area contributed by atoms with E-state index < -0.39 is 11.1 Å². The summed E-state index contributed by atoms with van der Waals surface area (Å²) in [6.45, 7) is 3.83. The third-order valence-electron chi connectivity index (χ3n) is 4.46. The molecule has 0 radical (unpaired) electrons. The summed E-state index contributed by atoms with van der Waals surface area (Å²) in [5.41, 5.74) is 2.50. The Bertz CT molecular complexity index is 984. The van der Waals surface area contributed by atoms with Gasteiger partial charge in [-0.25, -0.2) is 4.39 Å². The van der Waals surface area contributed by atoms with Crippen LogP contribution in [0.25, 0.3) is 6.08 Å². The van der Waals surface area contributed by atoms with E-state index in [1.165, 1.54) is 24.3 Å². The molecule has 1 heterocycles. The SMILES string of the molecule is Cc1cccc(C)c1OCC(=O)NCCN1C(=O)S/C(=C\c2ccc(F)cc2)C1=O. The zero-order valence-corrected chi connectivity index (χ0v) is 17.4. The monoisotopic (exact) mass is 428 g/mol. The molecule has 3 rings (SSSR count). The summed E-state index contributed by atoms with van der Waals surface area (Å²) in [5, 5.41) is 2.24. The third kappa shape index (κ3) is 5.27. The molecule has 0 atom stereocenters. The van der Waals surface area contributed by atoms with Crippen LogP contribution >= 0.6 is 11.8 Å². The number of hydrogen-bond acceptors (Lipinski definition) is 5. The van der Waals surface area contributed by atoms with Crippen molar-refractivity contribution in [3.63, 3.8) is 0 Å². The van der Waals surface area contributed by atoms with Crippen molar-refractivity contribution in [3.05, 3.63) is 69.9 Å². The second kappa shape index (κ2) is 9.58. The largest absolute Gasteiger partial charge is 0.483 e. The number of amides is 3. The van der Waals surface area contributed by atoms with E-state index in [-0.39, 0.29) is 36.3 Å². The van der Waals surface area contributed by atoms with Crippen LogP contribution < -0.4 is 10.1 Å². The van der Waals surface area contributed by atoms with Crippen molar-refractivity contribution in [1.29, 1.82) is 0 Å². The van der Waals surface area contributed by atoms with E-state index in [0.29, 0.717) is 11.3 Å². The number of carbonyl (C=O) groups excluding carboxylic acids is 3. The predicted octanol–water partition coefficient (Wildman–Crippen LogP) is 3.67. The second-order valence-electron chi connectivity index (χ2n) is 6.74. The molecule has 1 fully saturated rings. The molecule has 0 aromatic heterocycles. The van der Waals surface area contributed by atoms with Crippen molar-refractivity contribution in [1.82, 2.24) is 10.2 Å². The minimum atomic E-state index is -0.435. The molecule has 1 N–H and O–H groups in total. The molecule has 30 heavy (non-hydrogen) atoms. The molecule has 0 unspecified atom stereocenters. The molecule has 156 valence electrons. The van der Waals surface area contributed by atoms with Gasteiger partial charge in [0.05, 0.1) is 4.91 Å². The van der Waals surface area contributed by atoms with Crippen molar-refractivity contribution in [2.75, 3.05) is 19.7 Å². The Morgan fingerprint density at radius 1 is 1.13 bits per heavy atom. The molecule has 2 aromatic carbocycles. The number of para-hydroxylation sites is 1. The molecule has 1 aliphatic rings. The lowest BCUT2D eigenvalue weighted by atomic mass is 10.1. The number of imide groups is 1. The number of aryl methyl sites for hydroxylation is 2. The van der Waals surface area contributed by atoms with Gasteiger partial charge >= 0.3 is 0 Å². The molecule has 6 nitrogen and oxygen atoms in total. The second-order valence-corrected chi connectivity index (χ2v) is 7.74. The first kappa shape index (κ1) is 21.6. The fraction of sp³-hybridized carbons (Fsp3) is 0.227. The number of halogens is 1. The number of thioether (sulfide) groups is 1. The highest BCUT2D eigenvalue weighted by atomic mass is 32.2. The summed E-state index contributed by atoms with van der Waals surface area (Å²) in [7, 11) is 0. The lowest BCUT2D eigenvalue weighted by molar-refractivity contribution is -0.125. The van der Waals surface area contributed by atoms with Crippen LogP contribution in [0.1, 0.15) is 16.7 Å². The lowest BCUT2D eigenvalue weighted by Crippen LogP contribution is -2.38. The van der Waals surface area contributed by atoms with Crippen LogP contribution in [-0.2, 0) is 9.59 Å². The third-order valence-corrected chi connectivity index (χ3v) is 5.36. The summed E-state index contributed by atoms with van der Waals surface area (Å²) < 4.78 is 18.6. The number of nitrogens with one attached hydrogen (secondary N) is 1. The van der Waals surface area contributed by atoms with Gasteiger partial charge in [-0.05, 0) is 60.5 Å². The summed E-state index contributed by atoms with van der Waals surface area (Å²) in [6, 6.07) is 11.3. The van der Waals surface area contributed by atoms with E-state index in [9.17, 15) is 18.8 Å². The van der Waals surface area contributed by atoms with E-state index in [0.717, 1.165) is 27.8 Å². The highest BCUT2D eigenvalue weighted by Gasteiger charge is 2.34. The highest BCUT2D eigenvalue weighted by Crippen LogP contribution is 2.31. The van der Waals surface area contributed by atoms with Gasteiger partial charge in [-0.2, -0.15) is 0 Å². The Hall–Kier alpha value is -3.13. The normalized spacial score (nSPS) is 15.0. The van der Waals surface area contributed by atoms with Crippen LogP contribution in [0.2, 0.25) is 0 Å². The molecule has 0 aliphatic carbocycles. The topological polar surface area (TPSA) is 75.7 Å². The quantitative estimate of drug-likeness (QED) is 0.681. The molecule has 3 amide bonds. The van der Waals surface area contributed by atoms with Crippen LogP contribution in [0.15, 0.2) is 47.4 Å². The van der Waals surface area contributed by atoms with Crippen LogP contribution in [0.4, 0.5) is 9.18 Å². The highest BCUT2D eigenvalue weighted by molar-refractivity contribution is 8.18. The van der Waals surface area contributed by atoms with Gasteiger partial charge in [0, 0.05) is 13.1 Å². The number of hydrogen-bond donors (Lipinski definition) is 1. The van der Waals surface area contributed by atoms with Crippen LogP contribution in [0, 0.1) is 19.7 Å². The molecule has 8 heteroatoms. The predicted molar refractivity (Wildman–Crippen MR) is 113 cm³/mol. The standard InChI is InChI=1S/C22H21FN2O4S/c1-14-4-3-5-15(2)20(14)29-13-19(26)24-10-11-25-21(27)18(30-22(25)28)12-16-6-8-17(23)9-7-16/h3-9,12H,10-11,13H2,1-2H3,(H,24,26)/b18-12-. The Labute approximate surface area is 178 Å². The molecule has 1 aliphatic heterocycles. The van der Waals surface area contributed by atoms with E-state index >= 15 is 0 Å². The molecular weight excluding hydrogens is 407 g/mol. The minimum absolute atomic E-state index is 0.0561. The van der Waals surface area contributed by atoms with Gasteiger partial charge in [-0.1, -0.05) is 30.3 Å². The van der Waals surface area contributed by atoms with E-state index in [2.05, 4.69) is 5.32 Å². The maximum absolute atomic E-state index is 13.0. The van der Waals surface area contributed by atoms with Crippen molar-refractivity contribution in [2.24, 2.45) is 0 Å². The molecule has 0 bridgehead atoms. The molecular formula is C22H21FN2O4S. The fourth-order valence-corrected chi connectivity index (χ4v) is 3.79. The van der Waals surface area contributed by atoms with E-state index in [1.807, 2.05) is 32.0 Å². The summed E-state index contributed by atoms with van der Waals surface area (Å²) in [5.74, 6) is -0.482. The van der Waals surface area contributed by atoms with E-state index in [1.54, 1.807) is 6.08 Å². The molecule has 2 aromatic rings. The van der Waals surface area contributed by atoms with Crippen LogP contribution in [-0.4, -0.2) is 41.6 Å². The van der Waals surface area contributed by atoms with Crippen LogP contribution in [0.5, 0.6) is 5.75 Å². The first-order chi connectivity index (χ1) is 14.3. The number of carbonyl (C=O) groups is 3. The zero-order valence-electron chi connectivity index (χ0n) is 16.6. The molecule has 1 saturated heterocycles. The van der Waals surface area contributed by atoms with Crippen LogP contribution in [0.3, 0.4) is 0 Å². The van der Waals surface area contributed by atoms with Crippen molar-refractivity contribution in [3.8, 4) is 5.75 Å². The molecule has 0 spiro atoms. The van der Waals surface area contributed by atoms with Gasteiger partial charge in [0.2, 0.25) is 0 Å². The first-order valence-corrected chi connectivity index (χ1v) is 10.1. The fourth-order valence-electron chi connectivity index (χ4n) is 2.93. The van der Waals surface area contributed by atoms with Crippen molar-refractivity contribution in [2.45, 2.75) is 13.8 Å². The van der Waals surface area contributed by atoms with Crippen molar-refractivity contribution >= 4 is 34.9 Å². The average Bonchev–Trinajstić information content (AvgIpc) is 2.96. The van der Waals surface area contributed by atoms with Gasteiger partial charge in [0.1, 0.15) is 11.6 Å². The van der Waals surface area contributed by atoms with Gasteiger partial charge in [0.15, 0.2) is 6.61 Å². The van der Waals surface area contributed by atoms with Gasteiger partial charge in [-0.3, -0.25) is 19.3 Å². The molecule has 0 saturated carbocycles. The van der Waals surface area contributed by atoms with Gasteiger partial charge in [-0.15, -0.1) is 0 Å². The van der Waals surface area contributed by atoms with E-state index in [4.69, 9.17) is 4.74 Å².